The van der Waals surface area contributed by atoms with Crippen LogP contribution >= 0.6 is 0 Å². The zero-order chi connectivity index (χ0) is 10.1. The highest BCUT2D eigenvalue weighted by Gasteiger charge is 2.08. The minimum atomic E-state index is -0.604. The summed E-state index contributed by atoms with van der Waals surface area (Å²) in [4.78, 5) is 0. The van der Waals surface area contributed by atoms with E-state index in [2.05, 4.69) is 15.4 Å². The lowest BCUT2D eigenvalue weighted by molar-refractivity contribution is 0.194. The fourth-order valence-electron chi connectivity index (χ4n) is 1.11. The van der Waals surface area contributed by atoms with Crippen LogP contribution in [0, 0.1) is 0 Å². The van der Waals surface area contributed by atoms with E-state index in [1.165, 1.54) is 4.68 Å². The third-order valence-corrected chi connectivity index (χ3v) is 1.87. The molecule has 0 saturated carbocycles. The van der Waals surface area contributed by atoms with E-state index < -0.39 is 6.10 Å². The fourth-order valence-corrected chi connectivity index (χ4v) is 1.11. The van der Waals surface area contributed by atoms with Gasteiger partial charge in [-0.25, -0.2) is 4.68 Å². The van der Waals surface area contributed by atoms with E-state index in [9.17, 15) is 5.11 Å². The van der Waals surface area contributed by atoms with Gasteiger partial charge in [0.25, 0.3) is 0 Å². The summed E-state index contributed by atoms with van der Waals surface area (Å²) in [5.41, 5.74) is 0.538. The summed E-state index contributed by atoms with van der Waals surface area (Å²) in [6.45, 7) is 1.65. The maximum Gasteiger partial charge on any atom is 0.176 e. The number of nitrogens with zero attached hydrogens (tertiary/aromatic N) is 5. The molecule has 0 radical (unpaired) electrons. The van der Waals surface area contributed by atoms with Crippen molar-refractivity contribution in [1.29, 1.82) is 0 Å². The maximum absolute atomic E-state index is 9.25. The van der Waals surface area contributed by atoms with Crippen LogP contribution in [-0.4, -0.2) is 29.9 Å². The van der Waals surface area contributed by atoms with E-state index in [1.807, 2.05) is 19.3 Å². The SMILES string of the molecule is CC(O)c1cn(-c2ccn(C)n2)nn1. The van der Waals surface area contributed by atoms with Crippen LogP contribution in [0.4, 0.5) is 0 Å². The fraction of sp³-hybridized carbons (Fsp3) is 0.375. The number of aliphatic hydroxyl groups excluding tert-OH is 1. The largest absolute Gasteiger partial charge is 0.387 e. The number of aryl methyl sites for hydroxylation is 1. The first kappa shape index (κ1) is 8.89. The monoisotopic (exact) mass is 193 g/mol. The van der Waals surface area contributed by atoms with Gasteiger partial charge in [-0.05, 0) is 6.92 Å². The van der Waals surface area contributed by atoms with Crippen LogP contribution in [0.25, 0.3) is 5.82 Å². The average molecular weight is 193 g/mol. The van der Waals surface area contributed by atoms with E-state index in [4.69, 9.17) is 0 Å². The normalized spacial score (nSPS) is 13.1. The van der Waals surface area contributed by atoms with Crippen molar-refractivity contribution in [2.75, 3.05) is 0 Å². The molecule has 0 amide bonds. The minimum absolute atomic E-state index is 0.538. The summed E-state index contributed by atoms with van der Waals surface area (Å²) in [6, 6.07) is 1.82. The summed E-state index contributed by atoms with van der Waals surface area (Å²) < 4.78 is 3.21. The molecule has 1 atom stereocenters. The van der Waals surface area contributed by atoms with Gasteiger partial charge in [0.15, 0.2) is 5.82 Å². The zero-order valence-electron chi connectivity index (χ0n) is 7.99. The van der Waals surface area contributed by atoms with E-state index >= 15 is 0 Å². The summed E-state index contributed by atoms with van der Waals surface area (Å²) >= 11 is 0. The highest BCUT2D eigenvalue weighted by atomic mass is 16.3. The Labute approximate surface area is 80.8 Å². The van der Waals surface area contributed by atoms with Crippen LogP contribution in [0.15, 0.2) is 18.5 Å². The molecule has 0 saturated heterocycles. The van der Waals surface area contributed by atoms with Gasteiger partial charge in [0.2, 0.25) is 0 Å². The molecule has 0 aliphatic heterocycles. The van der Waals surface area contributed by atoms with E-state index in [1.54, 1.807) is 17.8 Å². The van der Waals surface area contributed by atoms with Crippen LogP contribution in [0.1, 0.15) is 18.7 Å². The van der Waals surface area contributed by atoms with Gasteiger partial charge < -0.3 is 5.11 Å². The summed E-state index contributed by atoms with van der Waals surface area (Å²) in [6.07, 6.45) is 2.87. The molecular weight excluding hydrogens is 182 g/mol. The van der Waals surface area contributed by atoms with Crippen molar-refractivity contribution in [1.82, 2.24) is 24.8 Å². The Hall–Kier alpha value is -1.69. The van der Waals surface area contributed by atoms with Gasteiger partial charge in [-0.2, -0.15) is 5.10 Å². The van der Waals surface area contributed by atoms with E-state index in [-0.39, 0.29) is 0 Å². The van der Waals surface area contributed by atoms with E-state index in [0.717, 1.165) is 0 Å². The molecule has 0 aromatic carbocycles. The molecule has 14 heavy (non-hydrogen) atoms. The minimum Gasteiger partial charge on any atom is -0.387 e. The molecule has 0 spiro atoms. The Kier molecular flexibility index (Phi) is 2.05. The molecule has 0 fully saturated rings. The quantitative estimate of drug-likeness (QED) is 0.732. The topological polar surface area (TPSA) is 68.8 Å². The van der Waals surface area contributed by atoms with Crippen molar-refractivity contribution in [3.63, 3.8) is 0 Å². The second kappa shape index (κ2) is 3.22. The summed E-state index contributed by atoms with van der Waals surface area (Å²) in [7, 11) is 1.83. The molecule has 2 heterocycles. The first-order valence-corrected chi connectivity index (χ1v) is 4.27. The van der Waals surface area contributed by atoms with Crippen LogP contribution in [0.2, 0.25) is 0 Å². The van der Waals surface area contributed by atoms with Crippen molar-refractivity contribution in [3.05, 3.63) is 24.2 Å². The van der Waals surface area contributed by atoms with Gasteiger partial charge in [-0.3, -0.25) is 4.68 Å². The lowest BCUT2D eigenvalue weighted by atomic mass is 10.3. The highest BCUT2D eigenvalue weighted by Crippen LogP contribution is 2.09. The molecule has 1 N–H and O–H groups in total. The Morgan fingerprint density at radius 1 is 1.50 bits per heavy atom. The van der Waals surface area contributed by atoms with Crippen LogP contribution in [0.3, 0.4) is 0 Å². The van der Waals surface area contributed by atoms with Gasteiger partial charge in [0.1, 0.15) is 5.69 Å². The summed E-state index contributed by atoms with van der Waals surface area (Å²) in [5, 5.41) is 21.1. The second-order valence-corrected chi connectivity index (χ2v) is 3.11. The predicted molar refractivity (Wildman–Crippen MR) is 48.8 cm³/mol. The number of hydrogen-bond donors (Lipinski definition) is 1. The molecule has 0 bridgehead atoms. The third kappa shape index (κ3) is 1.51. The molecule has 2 rings (SSSR count). The zero-order valence-corrected chi connectivity index (χ0v) is 7.99. The van der Waals surface area contributed by atoms with E-state index in [0.29, 0.717) is 11.5 Å². The molecule has 6 nitrogen and oxygen atoms in total. The molecule has 1 unspecified atom stereocenters. The summed E-state index contributed by atoms with van der Waals surface area (Å²) in [5.74, 6) is 0.687. The maximum atomic E-state index is 9.25. The Balaban J connectivity index is 2.33. The second-order valence-electron chi connectivity index (χ2n) is 3.11. The molecular formula is C8H11N5O. The van der Waals surface area contributed by atoms with Gasteiger partial charge in [-0.1, -0.05) is 5.21 Å². The lowest BCUT2D eigenvalue weighted by Crippen LogP contribution is -1.97. The Bertz CT molecular complexity index is 430. The van der Waals surface area contributed by atoms with Crippen LogP contribution < -0.4 is 0 Å². The number of hydrogen-bond acceptors (Lipinski definition) is 4. The molecule has 2 aromatic heterocycles. The standard InChI is InChI=1S/C8H11N5O/c1-6(14)7-5-13(11-9-7)8-3-4-12(2)10-8/h3-6,14H,1-2H3. The van der Waals surface area contributed by atoms with Crippen molar-refractivity contribution in [2.24, 2.45) is 7.05 Å². The average Bonchev–Trinajstić information content (AvgIpc) is 2.70. The molecule has 0 aliphatic carbocycles. The number of aliphatic hydroxyl groups is 1. The highest BCUT2D eigenvalue weighted by molar-refractivity contribution is 5.18. The Morgan fingerprint density at radius 2 is 2.29 bits per heavy atom. The molecule has 74 valence electrons. The number of rotatable bonds is 2. The first-order valence-electron chi connectivity index (χ1n) is 4.27. The van der Waals surface area contributed by atoms with Crippen molar-refractivity contribution in [2.45, 2.75) is 13.0 Å². The lowest BCUT2D eigenvalue weighted by Gasteiger charge is -1.94. The smallest absolute Gasteiger partial charge is 0.176 e. The third-order valence-electron chi connectivity index (χ3n) is 1.87. The van der Waals surface area contributed by atoms with Gasteiger partial charge >= 0.3 is 0 Å². The molecule has 0 aliphatic rings. The molecule has 6 heteroatoms. The molecule has 2 aromatic rings. The van der Waals surface area contributed by atoms with Crippen molar-refractivity contribution >= 4 is 0 Å². The first-order chi connectivity index (χ1) is 6.66. The van der Waals surface area contributed by atoms with Gasteiger partial charge in [-0.15, -0.1) is 5.10 Å². The van der Waals surface area contributed by atoms with Crippen LogP contribution in [-0.2, 0) is 7.05 Å². The van der Waals surface area contributed by atoms with Gasteiger partial charge in [0, 0.05) is 19.3 Å². The number of aromatic nitrogens is 5. The van der Waals surface area contributed by atoms with Crippen LogP contribution in [0.5, 0.6) is 0 Å². The Morgan fingerprint density at radius 3 is 2.79 bits per heavy atom. The van der Waals surface area contributed by atoms with Crippen molar-refractivity contribution in [3.8, 4) is 5.82 Å². The van der Waals surface area contributed by atoms with Crippen molar-refractivity contribution < 1.29 is 5.11 Å². The predicted octanol–water partition coefficient (Wildman–Crippen LogP) is 0.0541. The van der Waals surface area contributed by atoms with Gasteiger partial charge in [0.05, 0.1) is 12.3 Å².